The van der Waals surface area contributed by atoms with Gasteiger partial charge in [0.1, 0.15) is 11.4 Å². The van der Waals surface area contributed by atoms with E-state index in [0.29, 0.717) is 0 Å². The maximum atomic E-state index is 12.0. The lowest BCUT2D eigenvalue weighted by molar-refractivity contribution is -0.384. The van der Waals surface area contributed by atoms with E-state index >= 15 is 0 Å². The molecule has 1 aliphatic heterocycles. The SMILES string of the molecule is O=C(Nc1ccc(O)cc1[N+](=O)[O-])C1CCNCC1. The van der Waals surface area contributed by atoms with Gasteiger partial charge in [-0.15, -0.1) is 0 Å². The first-order valence-electron chi connectivity index (χ1n) is 6.07. The molecule has 2 rings (SSSR count). The Morgan fingerprint density at radius 1 is 1.42 bits per heavy atom. The first kappa shape index (κ1) is 13.3. The van der Waals surface area contributed by atoms with Crippen LogP contribution < -0.4 is 10.6 Å². The molecule has 7 nitrogen and oxygen atoms in total. The number of benzene rings is 1. The molecule has 102 valence electrons. The van der Waals surface area contributed by atoms with E-state index in [1.807, 2.05) is 0 Å². The molecule has 1 heterocycles. The maximum absolute atomic E-state index is 12.0. The van der Waals surface area contributed by atoms with Crippen molar-refractivity contribution < 1.29 is 14.8 Å². The molecule has 19 heavy (non-hydrogen) atoms. The monoisotopic (exact) mass is 265 g/mol. The van der Waals surface area contributed by atoms with E-state index in [1.165, 1.54) is 12.1 Å². The Morgan fingerprint density at radius 3 is 2.74 bits per heavy atom. The summed E-state index contributed by atoms with van der Waals surface area (Å²) in [7, 11) is 0. The lowest BCUT2D eigenvalue weighted by Gasteiger charge is -2.21. The Labute approximate surface area is 109 Å². The largest absolute Gasteiger partial charge is 0.508 e. The summed E-state index contributed by atoms with van der Waals surface area (Å²) in [5.74, 6) is -0.545. The standard InChI is InChI=1S/C12H15N3O4/c16-9-1-2-10(11(7-9)15(18)19)14-12(17)8-3-5-13-6-4-8/h1-2,7-8,13,16H,3-6H2,(H,14,17). The zero-order chi connectivity index (χ0) is 13.8. The van der Waals surface area contributed by atoms with Crippen molar-refractivity contribution in [2.45, 2.75) is 12.8 Å². The molecule has 3 N–H and O–H groups in total. The molecule has 7 heteroatoms. The summed E-state index contributed by atoms with van der Waals surface area (Å²) in [6.45, 7) is 1.55. The summed E-state index contributed by atoms with van der Waals surface area (Å²) in [6.07, 6.45) is 1.44. The minimum absolute atomic E-state index is 0.117. The second-order valence-corrected chi connectivity index (χ2v) is 4.47. The normalized spacial score (nSPS) is 16.0. The van der Waals surface area contributed by atoms with Gasteiger partial charge in [0.05, 0.1) is 11.0 Å². The lowest BCUT2D eigenvalue weighted by atomic mass is 9.97. The third kappa shape index (κ3) is 3.19. The lowest BCUT2D eigenvalue weighted by Crippen LogP contribution is -2.34. The number of piperidine rings is 1. The number of amides is 1. The number of carbonyl (C=O) groups excluding carboxylic acids is 1. The Kier molecular flexibility index (Phi) is 3.96. The predicted molar refractivity (Wildman–Crippen MR) is 69.0 cm³/mol. The molecule has 1 amide bonds. The number of nitrogens with one attached hydrogen (secondary N) is 2. The highest BCUT2D eigenvalue weighted by molar-refractivity contribution is 5.94. The highest BCUT2D eigenvalue weighted by Gasteiger charge is 2.23. The molecule has 0 saturated carbocycles. The highest BCUT2D eigenvalue weighted by Crippen LogP contribution is 2.29. The van der Waals surface area contributed by atoms with Gasteiger partial charge in [0.15, 0.2) is 0 Å². The van der Waals surface area contributed by atoms with Gasteiger partial charge in [-0.2, -0.15) is 0 Å². The highest BCUT2D eigenvalue weighted by atomic mass is 16.6. The second kappa shape index (κ2) is 5.66. The number of hydrogen-bond donors (Lipinski definition) is 3. The molecule has 0 atom stereocenters. The summed E-state index contributed by atoms with van der Waals surface area (Å²) in [4.78, 5) is 22.2. The van der Waals surface area contributed by atoms with Crippen LogP contribution in [-0.2, 0) is 4.79 Å². The van der Waals surface area contributed by atoms with Gasteiger partial charge in [0.2, 0.25) is 5.91 Å². The van der Waals surface area contributed by atoms with Crippen LogP contribution in [0.25, 0.3) is 0 Å². The molecule has 0 aromatic heterocycles. The van der Waals surface area contributed by atoms with Gasteiger partial charge in [0.25, 0.3) is 5.69 Å². The number of nitro benzene ring substituents is 1. The molecule has 1 aliphatic rings. The Balaban J connectivity index is 2.13. The zero-order valence-corrected chi connectivity index (χ0v) is 10.3. The van der Waals surface area contributed by atoms with Gasteiger partial charge < -0.3 is 15.7 Å². The van der Waals surface area contributed by atoms with Crippen molar-refractivity contribution in [3.8, 4) is 5.75 Å². The fourth-order valence-electron chi connectivity index (χ4n) is 2.10. The minimum atomic E-state index is -0.627. The molecule has 0 radical (unpaired) electrons. The number of aromatic hydroxyl groups is 1. The number of phenols is 1. The number of carbonyl (C=O) groups is 1. The quantitative estimate of drug-likeness (QED) is 0.433. The summed E-state index contributed by atoms with van der Waals surface area (Å²) >= 11 is 0. The van der Waals surface area contributed by atoms with Gasteiger partial charge in [-0.3, -0.25) is 14.9 Å². The third-order valence-electron chi connectivity index (χ3n) is 3.15. The van der Waals surface area contributed by atoms with Gasteiger partial charge in [0, 0.05) is 5.92 Å². The van der Waals surface area contributed by atoms with Crippen molar-refractivity contribution in [1.29, 1.82) is 0 Å². The molecular weight excluding hydrogens is 250 g/mol. The van der Waals surface area contributed by atoms with E-state index in [0.717, 1.165) is 32.0 Å². The smallest absolute Gasteiger partial charge is 0.296 e. The van der Waals surface area contributed by atoms with Crippen LogP contribution in [0.1, 0.15) is 12.8 Å². The van der Waals surface area contributed by atoms with E-state index in [2.05, 4.69) is 10.6 Å². The molecule has 1 fully saturated rings. The molecule has 0 bridgehead atoms. The van der Waals surface area contributed by atoms with Gasteiger partial charge >= 0.3 is 0 Å². The summed E-state index contributed by atoms with van der Waals surface area (Å²) < 4.78 is 0. The van der Waals surface area contributed by atoms with Crippen LogP contribution in [-0.4, -0.2) is 29.0 Å². The number of nitrogens with zero attached hydrogens (tertiary/aromatic N) is 1. The third-order valence-corrected chi connectivity index (χ3v) is 3.15. The van der Waals surface area contributed by atoms with E-state index in [9.17, 15) is 20.0 Å². The number of hydrogen-bond acceptors (Lipinski definition) is 5. The van der Waals surface area contributed by atoms with Crippen molar-refractivity contribution in [2.75, 3.05) is 18.4 Å². The number of anilines is 1. The van der Waals surface area contributed by atoms with Crippen molar-refractivity contribution in [3.63, 3.8) is 0 Å². The predicted octanol–water partition coefficient (Wildman–Crippen LogP) is 1.24. The summed E-state index contributed by atoms with van der Waals surface area (Å²) in [6, 6.07) is 3.68. The van der Waals surface area contributed by atoms with Crippen LogP contribution in [0.3, 0.4) is 0 Å². The van der Waals surface area contributed by atoms with Crippen molar-refractivity contribution >= 4 is 17.3 Å². The first-order chi connectivity index (χ1) is 9.08. The van der Waals surface area contributed by atoms with Gasteiger partial charge in [-0.25, -0.2) is 0 Å². The van der Waals surface area contributed by atoms with E-state index in [4.69, 9.17) is 0 Å². The average molecular weight is 265 g/mol. The van der Waals surface area contributed by atoms with E-state index in [1.54, 1.807) is 0 Å². The molecule has 1 aromatic rings. The Hall–Kier alpha value is -2.15. The van der Waals surface area contributed by atoms with Gasteiger partial charge in [-0.1, -0.05) is 0 Å². The first-order valence-corrected chi connectivity index (χ1v) is 6.07. The van der Waals surface area contributed by atoms with Crippen LogP contribution in [0.2, 0.25) is 0 Å². The number of rotatable bonds is 3. The average Bonchev–Trinajstić information content (AvgIpc) is 2.41. The van der Waals surface area contributed by atoms with Crippen LogP contribution in [0.15, 0.2) is 18.2 Å². The van der Waals surface area contributed by atoms with Crippen LogP contribution in [0.4, 0.5) is 11.4 Å². The number of phenolic OH excluding ortho intramolecular Hbond substituents is 1. The van der Waals surface area contributed by atoms with E-state index < -0.39 is 4.92 Å². The van der Waals surface area contributed by atoms with Crippen LogP contribution in [0, 0.1) is 16.0 Å². The fourth-order valence-corrected chi connectivity index (χ4v) is 2.10. The Morgan fingerprint density at radius 2 is 2.11 bits per heavy atom. The molecular formula is C12H15N3O4. The number of nitro groups is 1. The molecule has 0 spiro atoms. The molecule has 0 aliphatic carbocycles. The Bertz CT molecular complexity index is 498. The molecule has 1 aromatic carbocycles. The van der Waals surface area contributed by atoms with E-state index in [-0.39, 0.29) is 28.9 Å². The van der Waals surface area contributed by atoms with Gasteiger partial charge in [-0.05, 0) is 38.1 Å². The summed E-state index contributed by atoms with van der Waals surface area (Å²) in [5.41, 5.74) is -0.186. The van der Waals surface area contributed by atoms with Crippen LogP contribution in [0.5, 0.6) is 5.75 Å². The minimum Gasteiger partial charge on any atom is -0.508 e. The maximum Gasteiger partial charge on any atom is 0.296 e. The summed E-state index contributed by atoms with van der Waals surface area (Å²) in [5, 5.41) is 25.8. The van der Waals surface area contributed by atoms with Crippen molar-refractivity contribution in [3.05, 3.63) is 28.3 Å². The van der Waals surface area contributed by atoms with Crippen molar-refractivity contribution in [1.82, 2.24) is 5.32 Å². The fraction of sp³-hybridized carbons (Fsp3) is 0.417. The van der Waals surface area contributed by atoms with Crippen LogP contribution >= 0.6 is 0 Å². The zero-order valence-electron chi connectivity index (χ0n) is 10.3. The molecule has 1 saturated heterocycles. The second-order valence-electron chi connectivity index (χ2n) is 4.47. The van der Waals surface area contributed by atoms with Crippen molar-refractivity contribution in [2.24, 2.45) is 5.92 Å². The molecule has 0 unspecified atom stereocenters. The topological polar surface area (TPSA) is 104 Å².